The number of nitrogens with zero attached hydrogens (tertiary/aromatic N) is 3. The molecule has 3 atom stereocenters. The van der Waals surface area contributed by atoms with Crippen molar-refractivity contribution >= 4 is 52.5 Å². The summed E-state index contributed by atoms with van der Waals surface area (Å²) in [5, 5.41) is 14.3. The standard InChI is InChI=1S/C26H28Cl2N4O7/c1-26(2,3)39-25(35)30-13-20-22(14-30)38-21(11-23(33)29-17-6-8-18(9-7-17)32(36)37)24(34)31(20)12-15-4-5-16(27)10-19(15)28/h4-10,20-22H,11-14H2,1-3H3,(H,29,33). The summed E-state index contributed by atoms with van der Waals surface area (Å²) in [5.74, 6) is -0.931. The third kappa shape index (κ3) is 6.97. The number of fused-ring (bicyclic) bond motifs is 1. The van der Waals surface area contributed by atoms with Crippen molar-refractivity contribution in [2.45, 2.75) is 57.6 Å². The van der Waals surface area contributed by atoms with Crippen LogP contribution in [0.5, 0.6) is 0 Å². The summed E-state index contributed by atoms with van der Waals surface area (Å²) in [6.45, 7) is 5.80. The van der Waals surface area contributed by atoms with Gasteiger partial charge in [-0.2, -0.15) is 0 Å². The lowest BCUT2D eigenvalue weighted by molar-refractivity contribution is -0.384. The van der Waals surface area contributed by atoms with Crippen molar-refractivity contribution < 1.29 is 28.8 Å². The number of rotatable bonds is 6. The van der Waals surface area contributed by atoms with Crippen LogP contribution in [-0.4, -0.2) is 69.6 Å². The van der Waals surface area contributed by atoms with Crippen LogP contribution in [0.1, 0.15) is 32.8 Å². The lowest BCUT2D eigenvalue weighted by Gasteiger charge is -2.40. The Hall–Kier alpha value is -3.41. The summed E-state index contributed by atoms with van der Waals surface area (Å²) >= 11 is 12.4. The van der Waals surface area contributed by atoms with Gasteiger partial charge in [-0.25, -0.2) is 4.79 Å². The highest BCUT2D eigenvalue weighted by Gasteiger charge is 2.49. The van der Waals surface area contributed by atoms with Gasteiger partial charge in [0.2, 0.25) is 5.91 Å². The van der Waals surface area contributed by atoms with E-state index in [2.05, 4.69) is 5.32 Å². The largest absolute Gasteiger partial charge is 0.444 e. The lowest BCUT2D eigenvalue weighted by atomic mass is 10.0. The highest BCUT2D eigenvalue weighted by atomic mass is 35.5. The van der Waals surface area contributed by atoms with E-state index in [0.717, 1.165) is 0 Å². The molecular formula is C26H28Cl2N4O7. The monoisotopic (exact) mass is 578 g/mol. The van der Waals surface area contributed by atoms with Crippen LogP contribution in [0.4, 0.5) is 16.2 Å². The first-order chi connectivity index (χ1) is 18.3. The average Bonchev–Trinajstić information content (AvgIpc) is 3.26. The van der Waals surface area contributed by atoms with E-state index in [9.17, 15) is 24.5 Å². The van der Waals surface area contributed by atoms with E-state index < -0.39 is 46.7 Å². The summed E-state index contributed by atoms with van der Waals surface area (Å²) in [7, 11) is 0. The number of hydrogen-bond donors (Lipinski definition) is 1. The van der Waals surface area contributed by atoms with Crippen molar-refractivity contribution in [3.63, 3.8) is 0 Å². The van der Waals surface area contributed by atoms with E-state index >= 15 is 0 Å². The van der Waals surface area contributed by atoms with Crippen molar-refractivity contribution in [1.82, 2.24) is 9.80 Å². The fourth-order valence-electron chi connectivity index (χ4n) is 4.49. The maximum Gasteiger partial charge on any atom is 0.410 e. The Balaban J connectivity index is 1.52. The fraction of sp³-hybridized carbons (Fsp3) is 0.423. The molecule has 13 heteroatoms. The predicted molar refractivity (Wildman–Crippen MR) is 144 cm³/mol. The summed E-state index contributed by atoms with van der Waals surface area (Å²) < 4.78 is 11.6. The van der Waals surface area contributed by atoms with E-state index in [-0.39, 0.29) is 31.7 Å². The van der Waals surface area contributed by atoms with E-state index in [1.165, 1.54) is 29.2 Å². The van der Waals surface area contributed by atoms with Crippen LogP contribution in [0.25, 0.3) is 0 Å². The summed E-state index contributed by atoms with van der Waals surface area (Å²) in [5.41, 5.74) is 0.182. The van der Waals surface area contributed by atoms with Crippen LogP contribution in [0.15, 0.2) is 42.5 Å². The van der Waals surface area contributed by atoms with Crippen molar-refractivity contribution in [3.05, 3.63) is 68.2 Å². The van der Waals surface area contributed by atoms with E-state index in [1.54, 1.807) is 43.9 Å². The number of halogens is 2. The Labute approximate surface area is 235 Å². The maximum absolute atomic E-state index is 13.6. The molecule has 0 aromatic heterocycles. The molecular weight excluding hydrogens is 551 g/mol. The number of likely N-dealkylation sites (tertiary alicyclic amines) is 1. The molecule has 0 spiro atoms. The van der Waals surface area contributed by atoms with Crippen molar-refractivity contribution in [2.75, 3.05) is 18.4 Å². The van der Waals surface area contributed by atoms with E-state index in [4.69, 9.17) is 32.7 Å². The minimum atomic E-state index is -1.12. The molecule has 3 amide bonds. The van der Waals surface area contributed by atoms with Gasteiger partial charge in [0.1, 0.15) is 11.7 Å². The number of hydrogen-bond acceptors (Lipinski definition) is 7. The molecule has 2 aliphatic rings. The van der Waals surface area contributed by atoms with Gasteiger partial charge in [-0.1, -0.05) is 29.3 Å². The van der Waals surface area contributed by atoms with Crippen LogP contribution in [0.3, 0.4) is 0 Å². The molecule has 2 aromatic rings. The normalized spacial score (nSPS) is 20.9. The fourth-order valence-corrected chi connectivity index (χ4v) is 4.96. The molecule has 2 saturated heterocycles. The number of amides is 3. The second-order valence-electron chi connectivity index (χ2n) is 10.4. The van der Waals surface area contributed by atoms with Gasteiger partial charge < -0.3 is 24.6 Å². The molecule has 2 fully saturated rings. The number of nitrogens with one attached hydrogen (secondary N) is 1. The highest BCUT2D eigenvalue weighted by Crippen LogP contribution is 2.32. The van der Waals surface area contributed by atoms with Gasteiger partial charge >= 0.3 is 6.09 Å². The van der Waals surface area contributed by atoms with Gasteiger partial charge in [0, 0.05) is 41.0 Å². The third-order valence-electron chi connectivity index (χ3n) is 6.28. The molecule has 0 radical (unpaired) electrons. The Kier molecular flexibility index (Phi) is 8.34. The molecule has 3 unspecified atom stereocenters. The first-order valence-corrected chi connectivity index (χ1v) is 13.0. The minimum Gasteiger partial charge on any atom is -0.444 e. The zero-order chi connectivity index (χ0) is 28.5. The Bertz CT molecular complexity index is 1280. The molecule has 11 nitrogen and oxygen atoms in total. The number of morpholine rings is 1. The van der Waals surface area contributed by atoms with Gasteiger partial charge in [0.15, 0.2) is 0 Å². The van der Waals surface area contributed by atoms with E-state index in [1.807, 2.05) is 0 Å². The SMILES string of the molecule is CC(C)(C)OC(=O)N1CC2OC(CC(=O)Nc3ccc([N+](=O)[O-])cc3)C(=O)N(Cc3ccc(Cl)cc3Cl)C2C1. The first-order valence-electron chi connectivity index (χ1n) is 12.2. The Morgan fingerprint density at radius 1 is 1.15 bits per heavy atom. The summed E-state index contributed by atoms with van der Waals surface area (Å²) in [6.07, 6.45) is -2.49. The Morgan fingerprint density at radius 3 is 2.46 bits per heavy atom. The zero-order valence-corrected chi connectivity index (χ0v) is 23.1. The van der Waals surface area contributed by atoms with Crippen LogP contribution in [-0.2, 0) is 25.6 Å². The summed E-state index contributed by atoms with van der Waals surface area (Å²) in [6, 6.07) is 9.83. The van der Waals surface area contributed by atoms with Crippen LogP contribution >= 0.6 is 23.2 Å². The highest BCUT2D eigenvalue weighted by molar-refractivity contribution is 6.35. The number of carbonyl (C=O) groups is 3. The average molecular weight is 579 g/mol. The van der Waals surface area contributed by atoms with Gasteiger partial charge in [-0.05, 0) is 50.6 Å². The molecule has 4 rings (SSSR count). The number of nitro benzene ring substituents is 1. The second kappa shape index (κ2) is 11.4. The van der Waals surface area contributed by atoms with Crippen LogP contribution in [0, 0.1) is 10.1 Å². The van der Waals surface area contributed by atoms with Crippen molar-refractivity contribution in [3.8, 4) is 0 Å². The molecule has 1 N–H and O–H groups in total. The Morgan fingerprint density at radius 2 is 1.85 bits per heavy atom. The van der Waals surface area contributed by atoms with Gasteiger partial charge in [-0.3, -0.25) is 19.7 Å². The molecule has 39 heavy (non-hydrogen) atoms. The molecule has 208 valence electrons. The van der Waals surface area contributed by atoms with Gasteiger partial charge in [0.05, 0.1) is 30.0 Å². The van der Waals surface area contributed by atoms with Crippen molar-refractivity contribution in [2.24, 2.45) is 0 Å². The molecule has 0 bridgehead atoms. The quantitative estimate of drug-likeness (QED) is 0.390. The van der Waals surface area contributed by atoms with Crippen LogP contribution < -0.4 is 5.32 Å². The van der Waals surface area contributed by atoms with Crippen molar-refractivity contribution in [1.29, 1.82) is 0 Å². The molecule has 0 saturated carbocycles. The van der Waals surface area contributed by atoms with Crippen LogP contribution in [0.2, 0.25) is 10.0 Å². The lowest BCUT2D eigenvalue weighted by Crippen LogP contribution is -2.58. The first kappa shape index (κ1) is 28.6. The molecule has 2 aliphatic heterocycles. The zero-order valence-electron chi connectivity index (χ0n) is 21.6. The number of nitro groups is 1. The minimum absolute atomic E-state index is 0.114. The van der Waals surface area contributed by atoms with Gasteiger partial charge in [-0.15, -0.1) is 0 Å². The third-order valence-corrected chi connectivity index (χ3v) is 6.86. The topological polar surface area (TPSA) is 131 Å². The van der Waals surface area contributed by atoms with E-state index in [0.29, 0.717) is 21.3 Å². The number of non-ortho nitro benzene ring substituents is 1. The number of anilines is 1. The molecule has 0 aliphatic carbocycles. The second-order valence-corrected chi connectivity index (χ2v) is 11.2. The maximum atomic E-state index is 13.6. The summed E-state index contributed by atoms with van der Waals surface area (Å²) in [4.78, 5) is 52.6. The number of carbonyl (C=O) groups excluding carboxylic acids is 3. The molecule has 2 heterocycles. The predicted octanol–water partition coefficient (Wildman–Crippen LogP) is 4.65. The molecule has 2 aromatic carbocycles. The smallest absolute Gasteiger partial charge is 0.410 e. The number of benzene rings is 2. The van der Waals surface area contributed by atoms with Gasteiger partial charge in [0.25, 0.3) is 11.6 Å². The number of ether oxygens (including phenoxy) is 2.